The summed E-state index contributed by atoms with van der Waals surface area (Å²) in [4.78, 5) is 22.7. The van der Waals surface area contributed by atoms with E-state index in [2.05, 4.69) is 10.6 Å². The molecule has 0 saturated carbocycles. The lowest BCUT2D eigenvalue weighted by Gasteiger charge is -2.38. The molecule has 2 amide bonds. The maximum atomic E-state index is 13.1. The first-order valence-electron chi connectivity index (χ1n) is 8.91. The molecule has 2 heterocycles. The lowest BCUT2D eigenvalue weighted by Crippen LogP contribution is -2.55. The van der Waals surface area contributed by atoms with E-state index < -0.39 is 23.9 Å². The van der Waals surface area contributed by atoms with Gasteiger partial charge >= 0.3 is 24.4 Å². The number of urea groups is 1. The van der Waals surface area contributed by atoms with Crippen LogP contribution >= 0.6 is 0 Å². The van der Waals surface area contributed by atoms with Crippen molar-refractivity contribution in [2.24, 2.45) is 5.41 Å². The molecule has 170 valence electrons. The Morgan fingerprint density at radius 2 is 1.84 bits per heavy atom. The van der Waals surface area contributed by atoms with E-state index in [1.807, 2.05) is 0 Å². The van der Waals surface area contributed by atoms with Gasteiger partial charge in [0.2, 0.25) is 0 Å². The number of carbonyl (C=O) groups excluding carboxylic acids is 1. The molecule has 1 spiro atoms. The second kappa shape index (κ2) is 9.01. The normalized spacial score (nSPS) is 17.3. The van der Waals surface area contributed by atoms with Crippen LogP contribution in [0.25, 0.3) is 0 Å². The summed E-state index contributed by atoms with van der Waals surface area (Å²) in [5.41, 5.74) is -0.850. The summed E-state index contributed by atoms with van der Waals surface area (Å²) in [6.45, 7) is 2.79. The Balaban J connectivity index is 0.000000423. The van der Waals surface area contributed by atoms with E-state index in [1.165, 1.54) is 12.1 Å². The Morgan fingerprint density at radius 1 is 1.23 bits per heavy atom. The van der Waals surface area contributed by atoms with Gasteiger partial charge < -0.3 is 20.6 Å². The van der Waals surface area contributed by atoms with Crippen molar-refractivity contribution in [2.75, 3.05) is 26.2 Å². The molecular formula is C18H18F6N4O3. The Bertz CT molecular complexity index is 875. The maximum Gasteiger partial charge on any atom is 0.490 e. The second-order valence-corrected chi connectivity index (χ2v) is 7.22. The van der Waals surface area contributed by atoms with Crippen LogP contribution in [0.3, 0.4) is 0 Å². The molecule has 0 unspecified atom stereocenters. The first-order chi connectivity index (χ1) is 14.3. The maximum absolute atomic E-state index is 13.1. The monoisotopic (exact) mass is 452 g/mol. The van der Waals surface area contributed by atoms with E-state index in [0.29, 0.717) is 13.1 Å². The quantitative estimate of drug-likeness (QED) is 0.599. The Hall–Kier alpha value is -3.01. The number of carboxylic acids is 1. The molecule has 2 aliphatic heterocycles. The molecule has 1 aromatic rings. The van der Waals surface area contributed by atoms with Crippen molar-refractivity contribution in [2.45, 2.75) is 25.3 Å². The molecule has 2 saturated heterocycles. The molecule has 2 fully saturated rings. The number of nitrogens with zero attached hydrogens (tertiary/aromatic N) is 2. The number of benzene rings is 1. The van der Waals surface area contributed by atoms with Crippen LogP contribution in [0.2, 0.25) is 0 Å². The van der Waals surface area contributed by atoms with Crippen molar-refractivity contribution < 1.29 is 41.0 Å². The minimum absolute atomic E-state index is 0.0472. The third-order valence-corrected chi connectivity index (χ3v) is 4.94. The summed E-state index contributed by atoms with van der Waals surface area (Å²) in [6, 6.07) is 4.72. The Kier molecular flexibility index (Phi) is 7.05. The highest BCUT2D eigenvalue weighted by Gasteiger charge is 2.44. The topological polar surface area (TPSA) is 105 Å². The van der Waals surface area contributed by atoms with Gasteiger partial charge in [0.25, 0.3) is 0 Å². The number of hydrogen-bond donors (Lipinski definition) is 3. The van der Waals surface area contributed by atoms with Crippen molar-refractivity contribution in [3.63, 3.8) is 0 Å². The molecule has 0 aromatic heterocycles. The summed E-state index contributed by atoms with van der Waals surface area (Å²) in [5, 5.41) is 21.6. The number of carbonyl (C=O) groups is 2. The predicted octanol–water partition coefficient (Wildman–Crippen LogP) is 2.72. The predicted molar refractivity (Wildman–Crippen MR) is 93.6 cm³/mol. The van der Waals surface area contributed by atoms with Gasteiger partial charge in [-0.1, -0.05) is 6.07 Å². The van der Waals surface area contributed by atoms with E-state index in [9.17, 15) is 31.1 Å². The molecule has 0 aliphatic carbocycles. The van der Waals surface area contributed by atoms with Gasteiger partial charge in [-0.3, -0.25) is 0 Å². The molecule has 3 rings (SSSR count). The average molecular weight is 452 g/mol. The van der Waals surface area contributed by atoms with Crippen molar-refractivity contribution in [3.05, 3.63) is 34.9 Å². The first-order valence-corrected chi connectivity index (χ1v) is 8.91. The van der Waals surface area contributed by atoms with Crippen LogP contribution < -0.4 is 10.6 Å². The van der Waals surface area contributed by atoms with E-state index in [0.717, 1.165) is 25.6 Å². The number of aliphatic carboxylic acids is 1. The number of hydrogen-bond acceptors (Lipinski definition) is 4. The number of nitriles is 1. The number of rotatable bonds is 2. The van der Waals surface area contributed by atoms with Crippen molar-refractivity contribution in [1.29, 1.82) is 5.26 Å². The van der Waals surface area contributed by atoms with Gasteiger partial charge in [-0.2, -0.15) is 31.6 Å². The highest BCUT2D eigenvalue weighted by atomic mass is 19.4. The zero-order chi connectivity index (χ0) is 23.4. The third kappa shape index (κ3) is 6.24. The van der Waals surface area contributed by atoms with Crippen LogP contribution in [0.5, 0.6) is 0 Å². The molecule has 0 bridgehead atoms. The van der Waals surface area contributed by atoms with Gasteiger partial charge in [0.05, 0.1) is 17.2 Å². The number of halogens is 6. The van der Waals surface area contributed by atoms with Gasteiger partial charge in [0.1, 0.15) is 0 Å². The van der Waals surface area contributed by atoms with Crippen LogP contribution in [-0.4, -0.2) is 54.4 Å². The third-order valence-electron chi connectivity index (χ3n) is 4.94. The average Bonchev–Trinajstić information content (AvgIpc) is 3.11. The smallest absolute Gasteiger partial charge is 0.475 e. The summed E-state index contributed by atoms with van der Waals surface area (Å²) in [6.07, 6.45) is -8.74. The molecular weight excluding hydrogens is 434 g/mol. The van der Waals surface area contributed by atoms with Crippen molar-refractivity contribution in [3.8, 4) is 6.07 Å². The van der Waals surface area contributed by atoms with Crippen LogP contribution in [0, 0.1) is 16.7 Å². The molecule has 3 N–H and O–H groups in total. The van der Waals surface area contributed by atoms with E-state index >= 15 is 0 Å². The van der Waals surface area contributed by atoms with Gasteiger partial charge in [-0.25, -0.2) is 9.59 Å². The van der Waals surface area contributed by atoms with Gasteiger partial charge in [-0.15, -0.1) is 0 Å². The van der Waals surface area contributed by atoms with Crippen molar-refractivity contribution >= 4 is 12.0 Å². The highest BCUT2D eigenvalue weighted by Crippen LogP contribution is 2.34. The Labute approximate surface area is 172 Å². The number of likely N-dealkylation sites (tertiary alicyclic amines) is 1. The lowest BCUT2D eigenvalue weighted by molar-refractivity contribution is -0.192. The van der Waals surface area contributed by atoms with Crippen LogP contribution in [0.1, 0.15) is 23.1 Å². The number of carboxylic acid groups (broad SMARTS) is 1. The SMILES string of the molecule is N#Cc1ccc(CNC(=O)N2CCC3(CNC3)C2)c(C(F)(F)F)c1.O=C(O)C(F)(F)F. The fourth-order valence-corrected chi connectivity index (χ4v) is 3.22. The summed E-state index contributed by atoms with van der Waals surface area (Å²) in [7, 11) is 0. The van der Waals surface area contributed by atoms with Crippen LogP contribution in [0.4, 0.5) is 31.1 Å². The van der Waals surface area contributed by atoms with Crippen LogP contribution in [0.15, 0.2) is 18.2 Å². The lowest BCUT2D eigenvalue weighted by atomic mass is 9.81. The molecule has 13 heteroatoms. The zero-order valence-electron chi connectivity index (χ0n) is 15.9. The summed E-state index contributed by atoms with van der Waals surface area (Å²) >= 11 is 0. The number of alkyl halides is 6. The Morgan fingerprint density at radius 3 is 2.26 bits per heavy atom. The fourth-order valence-electron chi connectivity index (χ4n) is 3.22. The molecule has 31 heavy (non-hydrogen) atoms. The summed E-state index contributed by atoms with van der Waals surface area (Å²) in [5.74, 6) is -2.76. The molecule has 1 aromatic carbocycles. The van der Waals surface area contributed by atoms with E-state index in [1.54, 1.807) is 11.0 Å². The summed E-state index contributed by atoms with van der Waals surface area (Å²) < 4.78 is 71.1. The molecule has 0 radical (unpaired) electrons. The highest BCUT2D eigenvalue weighted by molar-refractivity contribution is 5.74. The standard InChI is InChI=1S/C16H17F3N4O.C2HF3O2/c17-16(18,19)13-5-11(6-20)1-2-12(13)7-22-14(24)23-4-3-15(10-23)8-21-9-15;3-2(4,5)1(6)7/h1-2,5,21H,3-4,7-10H2,(H,22,24);(H,6,7). The fraction of sp³-hybridized carbons (Fsp3) is 0.500. The minimum atomic E-state index is -5.08. The number of nitrogens with one attached hydrogen (secondary N) is 2. The van der Waals surface area contributed by atoms with Crippen molar-refractivity contribution in [1.82, 2.24) is 15.5 Å². The van der Waals surface area contributed by atoms with E-state index in [-0.39, 0.29) is 29.1 Å². The number of amides is 2. The second-order valence-electron chi connectivity index (χ2n) is 7.22. The minimum Gasteiger partial charge on any atom is -0.475 e. The molecule has 0 atom stereocenters. The molecule has 7 nitrogen and oxygen atoms in total. The first kappa shape index (κ1) is 24.3. The zero-order valence-corrected chi connectivity index (χ0v) is 15.9. The molecule has 2 aliphatic rings. The van der Waals surface area contributed by atoms with Crippen LogP contribution in [-0.2, 0) is 17.5 Å². The van der Waals surface area contributed by atoms with Gasteiger partial charge in [-0.05, 0) is 24.1 Å². The van der Waals surface area contributed by atoms with Gasteiger partial charge in [0, 0.05) is 38.1 Å². The van der Waals surface area contributed by atoms with Gasteiger partial charge in [0.15, 0.2) is 0 Å². The van der Waals surface area contributed by atoms with E-state index in [4.69, 9.17) is 15.2 Å². The largest absolute Gasteiger partial charge is 0.490 e.